The Kier molecular flexibility index (Phi) is 5.12. The zero-order chi connectivity index (χ0) is 21.3. The molecular formula is C18H16F2N6O4. The number of nitrogens with zero attached hydrogens (tertiary/aromatic N) is 6. The number of aryl methyl sites for hydroxylation is 3. The van der Waals surface area contributed by atoms with Gasteiger partial charge in [-0.25, -0.2) is 14.8 Å². The van der Waals surface area contributed by atoms with Gasteiger partial charge in [0.1, 0.15) is 18.6 Å². The normalized spacial score (nSPS) is 11.5. The Morgan fingerprint density at radius 2 is 1.87 bits per heavy atom. The molecule has 4 rings (SSSR count). The molecule has 0 aliphatic rings. The van der Waals surface area contributed by atoms with E-state index in [2.05, 4.69) is 19.8 Å². The number of hydrogen-bond acceptors (Lipinski definition) is 7. The standard InChI is InChI=1S/C18H16F2N6O4/c1-24-9-21-15-14(24)16(27)25(10-22-15)8-13-23-26(18(28)30-13)7-6-11-2-4-12(5-3-11)29-17(19)20/h2-5,9-10,17H,6-8H2,1H3. The van der Waals surface area contributed by atoms with Gasteiger partial charge in [-0.1, -0.05) is 12.1 Å². The van der Waals surface area contributed by atoms with Crippen LogP contribution in [-0.4, -0.2) is 35.5 Å². The Morgan fingerprint density at radius 1 is 1.13 bits per heavy atom. The summed E-state index contributed by atoms with van der Waals surface area (Å²) in [4.78, 5) is 32.7. The van der Waals surface area contributed by atoms with Gasteiger partial charge >= 0.3 is 12.4 Å². The number of imidazole rings is 1. The fourth-order valence-electron chi connectivity index (χ4n) is 2.96. The molecule has 3 heterocycles. The minimum atomic E-state index is -2.88. The molecule has 0 saturated heterocycles. The lowest BCUT2D eigenvalue weighted by molar-refractivity contribution is -0.0498. The van der Waals surface area contributed by atoms with Gasteiger partial charge in [-0.15, -0.1) is 5.10 Å². The average Bonchev–Trinajstić information content (AvgIpc) is 3.25. The molecule has 3 aromatic heterocycles. The molecule has 0 radical (unpaired) electrons. The second-order valence-corrected chi connectivity index (χ2v) is 6.46. The lowest BCUT2D eigenvalue weighted by Gasteiger charge is -2.05. The van der Waals surface area contributed by atoms with Crippen LogP contribution < -0.4 is 16.1 Å². The van der Waals surface area contributed by atoms with Crippen LogP contribution in [0, 0.1) is 0 Å². The van der Waals surface area contributed by atoms with Crippen molar-refractivity contribution in [3.63, 3.8) is 0 Å². The summed E-state index contributed by atoms with van der Waals surface area (Å²) in [6.45, 7) is -2.73. The third-order valence-electron chi connectivity index (χ3n) is 4.42. The number of aromatic nitrogens is 6. The second kappa shape index (κ2) is 7.89. The first-order chi connectivity index (χ1) is 14.4. The van der Waals surface area contributed by atoms with E-state index in [0.717, 1.165) is 10.2 Å². The molecule has 0 amide bonds. The third-order valence-corrected chi connectivity index (χ3v) is 4.42. The van der Waals surface area contributed by atoms with Gasteiger partial charge < -0.3 is 13.7 Å². The zero-order valence-electron chi connectivity index (χ0n) is 15.7. The highest BCUT2D eigenvalue weighted by molar-refractivity contribution is 5.68. The van der Waals surface area contributed by atoms with Crippen molar-refractivity contribution in [2.24, 2.45) is 7.05 Å². The van der Waals surface area contributed by atoms with Crippen LogP contribution in [0.15, 0.2) is 50.9 Å². The van der Waals surface area contributed by atoms with E-state index >= 15 is 0 Å². The van der Waals surface area contributed by atoms with Gasteiger partial charge in [-0.3, -0.25) is 9.36 Å². The molecule has 4 aromatic rings. The number of benzene rings is 1. The molecular weight excluding hydrogens is 402 g/mol. The number of alkyl halides is 2. The summed E-state index contributed by atoms with van der Waals surface area (Å²) in [7, 11) is 1.68. The Hall–Kier alpha value is -3.83. The van der Waals surface area contributed by atoms with E-state index in [1.807, 2.05) is 0 Å². The van der Waals surface area contributed by atoms with Gasteiger partial charge in [-0.05, 0) is 24.1 Å². The van der Waals surface area contributed by atoms with Gasteiger partial charge in [0.25, 0.3) is 5.56 Å². The highest BCUT2D eigenvalue weighted by Crippen LogP contribution is 2.15. The van der Waals surface area contributed by atoms with Crippen molar-refractivity contribution in [3.8, 4) is 5.75 Å². The van der Waals surface area contributed by atoms with E-state index in [4.69, 9.17) is 4.42 Å². The van der Waals surface area contributed by atoms with Crippen molar-refractivity contribution in [1.82, 2.24) is 28.9 Å². The maximum Gasteiger partial charge on any atom is 0.437 e. The maximum atomic E-state index is 12.6. The topological polar surface area (TPSA) is 110 Å². The van der Waals surface area contributed by atoms with Crippen molar-refractivity contribution >= 4 is 11.2 Å². The highest BCUT2D eigenvalue weighted by Gasteiger charge is 2.13. The van der Waals surface area contributed by atoms with E-state index < -0.39 is 12.4 Å². The minimum absolute atomic E-state index is 0.0547. The summed E-state index contributed by atoms with van der Waals surface area (Å²) in [5.74, 6) is -0.546. The van der Waals surface area contributed by atoms with E-state index in [9.17, 15) is 18.4 Å². The van der Waals surface area contributed by atoms with Gasteiger partial charge in [0.15, 0.2) is 11.2 Å². The van der Waals surface area contributed by atoms with Crippen LogP contribution in [-0.2, 0) is 26.6 Å². The lowest BCUT2D eigenvalue weighted by Crippen LogP contribution is -2.22. The van der Waals surface area contributed by atoms with E-state index in [0.29, 0.717) is 17.6 Å². The van der Waals surface area contributed by atoms with Crippen molar-refractivity contribution in [1.29, 1.82) is 0 Å². The number of ether oxygens (including phenoxy) is 1. The van der Waals surface area contributed by atoms with Crippen LogP contribution in [0.3, 0.4) is 0 Å². The quantitative estimate of drug-likeness (QED) is 0.443. The molecule has 0 saturated carbocycles. The molecule has 0 aliphatic carbocycles. The molecule has 0 unspecified atom stereocenters. The summed E-state index contributed by atoms with van der Waals surface area (Å²) >= 11 is 0. The lowest BCUT2D eigenvalue weighted by atomic mass is 10.1. The molecule has 12 heteroatoms. The molecule has 156 valence electrons. The van der Waals surface area contributed by atoms with E-state index in [1.54, 1.807) is 23.7 Å². The molecule has 0 fully saturated rings. The minimum Gasteiger partial charge on any atom is -0.435 e. The van der Waals surface area contributed by atoms with Crippen LogP contribution in [0.25, 0.3) is 11.2 Å². The number of halogens is 2. The highest BCUT2D eigenvalue weighted by atomic mass is 19.3. The second-order valence-electron chi connectivity index (χ2n) is 6.46. The first-order valence-electron chi connectivity index (χ1n) is 8.88. The molecule has 0 bridgehead atoms. The van der Waals surface area contributed by atoms with Gasteiger partial charge in [0.05, 0.1) is 12.9 Å². The molecule has 10 nitrogen and oxygen atoms in total. The van der Waals surface area contributed by atoms with Crippen molar-refractivity contribution < 1.29 is 17.9 Å². The van der Waals surface area contributed by atoms with Gasteiger partial charge in [0, 0.05) is 7.05 Å². The summed E-state index contributed by atoms with van der Waals surface area (Å²) in [5.41, 5.74) is 1.13. The fourth-order valence-corrected chi connectivity index (χ4v) is 2.96. The molecule has 0 spiro atoms. The summed E-state index contributed by atoms with van der Waals surface area (Å²) in [6.07, 6.45) is 3.23. The van der Waals surface area contributed by atoms with Crippen LogP contribution in [0.1, 0.15) is 11.5 Å². The maximum absolute atomic E-state index is 12.6. The smallest absolute Gasteiger partial charge is 0.435 e. The summed E-state index contributed by atoms with van der Waals surface area (Å²) in [6, 6.07) is 6.09. The van der Waals surface area contributed by atoms with Crippen molar-refractivity contribution in [3.05, 3.63) is 69.3 Å². The average molecular weight is 418 g/mol. The Labute approximate surface area is 167 Å². The predicted octanol–water partition coefficient (Wildman–Crippen LogP) is 1.17. The Bertz CT molecular complexity index is 1290. The predicted molar refractivity (Wildman–Crippen MR) is 99.4 cm³/mol. The van der Waals surface area contributed by atoms with Crippen molar-refractivity contribution in [2.75, 3.05) is 0 Å². The van der Waals surface area contributed by atoms with E-state index in [-0.39, 0.29) is 30.3 Å². The van der Waals surface area contributed by atoms with Crippen LogP contribution in [0.2, 0.25) is 0 Å². The first kappa shape index (κ1) is 19.5. The number of hydrogen-bond donors (Lipinski definition) is 0. The molecule has 1 aromatic carbocycles. The molecule has 0 N–H and O–H groups in total. The Morgan fingerprint density at radius 3 is 2.60 bits per heavy atom. The molecule has 0 aliphatic heterocycles. The number of fused-ring (bicyclic) bond motifs is 1. The van der Waals surface area contributed by atoms with Crippen LogP contribution >= 0.6 is 0 Å². The van der Waals surface area contributed by atoms with E-state index in [1.165, 1.54) is 29.4 Å². The Balaban J connectivity index is 1.46. The largest absolute Gasteiger partial charge is 0.437 e. The third kappa shape index (κ3) is 3.97. The summed E-state index contributed by atoms with van der Waals surface area (Å²) in [5, 5.41) is 4.11. The number of rotatable bonds is 7. The van der Waals surface area contributed by atoms with Gasteiger partial charge in [-0.2, -0.15) is 13.5 Å². The first-order valence-corrected chi connectivity index (χ1v) is 8.88. The van der Waals surface area contributed by atoms with Gasteiger partial charge in [0.2, 0.25) is 5.89 Å². The molecule has 30 heavy (non-hydrogen) atoms. The summed E-state index contributed by atoms with van der Waals surface area (Å²) < 4.78 is 37.8. The zero-order valence-corrected chi connectivity index (χ0v) is 15.7. The fraction of sp³-hybridized carbons (Fsp3) is 0.278. The van der Waals surface area contributed by atoms with Crippen LogP contribution in [0.4, 0.5) is 8.78 Å². The van der Waals surface area contributed by atoms with Crippen LogP contribution in [0.5, 0.6) is 5.75 Å². The van der Waals surface area contributed by atoms with Crippen molar-refractivity contribution in [2.45, 2.75) is 26.1 Å². The SMILES string of the molecule is Cn1cnc2ncn(Cc3nn(CCc4ccc(OC(F)F)cc4)c(=O)o3)c(=O)c21. The molecule has 0 atom stereocenters. The monoisotopic (exact) mass is 418 g/mol.